The van der Waals surface area contributed by atoms with Crippen LogP contribution in [-0.4, -0.2) is 22.7 Å². The highest BCUT2D eigenvalue weighted by atomic mass is 28.2. The molecule has 2 radical (unpaired) electrons. The zero-order chi connectivity index (χ0) is 6.62. The molecule has 0 aromatic rings. The molecule has 0 amide bonds. The van der Waals surface area contributed by atoms with Crippen LogP contribution in [0.1, 0.15) is 20.8 Å². The molecule has 0 heterocycles. The van der Waals surface area contributed by atoms with Crippen LogP contribution in [0.3, 0.4) is 0 Å². The quantitative estimate of drug-likeness (QED) is 0.550. The topological polar surface area (TPSA) is 12.0 Å². The van der Waals surface area contributed by atoms with Gasteiger partial charge in [0.05, 0.1) is 9.52 Å². The predicted molar refractivity (Wildman–Crippen MR) is 39.4 cm³/mol. The minimum Gasteiger partial charge on any atom is -0.323 e. The van der Waals surface area contributed by atoms with Crippen molar-refractivity contribution in [2.24, 2.45) is 0 Å². The lowest BCUT2D eigenvalue weighted by atomic mass is 10.3. The fourth-order valence-electron chi connectivity index (χ4n) is 0.354. The molecule has 8 heavy (non-hydrogen) atoms. The van der Waals surface area contributed by atoms with E-state index >= 15 is 0 Å². The Morgan fingerprint density at radius 3 is 2.00 bits per heavy atom. The standard InChI is InChI=1S/C6H15NSi/c1-6(2,3)8-5-7-4/h7H,5H2,1-4H3. The predicted octanol–water partition coefficient (Wildman–Crippen LogP) is 1.09. The number of rotatable bonds is 2. The van der Waals surface area contributed by atoms with E-state index in [4.69, 9.17) is 0 Å². The molecule has 0 rings (SSSR count). The summed E-state index contributed by atoms with van der Waals surface area (Å²) in [6.07, 6.45) is 1.16. The third-order valence-corrected chi connectivity index (χ3v) is 2.39. The summed E-state index contributed by atoms with van der Waals surface area (Å²) < 4.78 is 0. The minimum absolute atomic E-state index is 0.517. The Balaban J connectivity index is 3.11. The van der Waals surface area contributed by atoms with Gasteiger partial charge in [-0.2, -0.15) is 0 Å². The molecule has 48 valence electrons. The van der Waals surface area contributed by atoms with E-state index in [1.54, 1.807) is 0 Å². The highest BCUT2D eigenvalue weighted by molar-refractivity contribution is 6.39. The third kappa shape index (κ3) is 6.18. The zero-order valence-electron chi connectivity index (χ0n) is 6.21. The summed E-state index contributed by atoms with van der Waals surface area (Å²) in [6, 6.07) is 0. The van der Waals surface area contributed by atoms with Crippen molar-refractivity contribution in [3.63, 3.8) is 0 Å². The van der Waals surface area contributed by atoms with Gasteiger partial charge in [0.1, 0.15) is 0 Å². The Morgan fingerprint density at radius 1 is 1.38 bits per heavy atom. The first-order chi connectivity index (χ1) is 3.56. The smallest absolute Gasteiger partial charge is 0.0628 e. The minimum atomic E-state index is 0.517. The molecule has 0 fully saturated rings. The summed E-state index contributed by atoms with van der Waals surface area (Å²) >= 11 is 0. The van der Waals surface area contributed by atoms with Crippen LogP contribution in [0.5, 0.6) is 0 Å². The summed E-state index contributed by atoms with van der Waals surface area (Å²) in [6.45, 7) is 6.80. The van der Waals surface area contributed by atoms with Crippen molar-refractivity contribution >= 4 is 9.52 Å². The molecular formula is C6H15NSi. The average molecular weight is 129 g/mol. The van der Waals surface area contributed by atoms with E-state index < -0.39 is 0 Å². The molecule has 0 aromatic carbocycles. The average Bonchev–Trinajstić information content (AvgIpc) is 1.59. The van der Waals surface area contributed by atoms with Crippen molar-refractivity contribution < 1.29 is 0 Å². The summed E-state index contributed by atoms with van der Waals surface area (Å²) in [5, 5.41) is 3.65. The molecule has 0 saturated heterocycles. The van der Waals surface area contributed by atoms with E-state index in [0.29, 0.717) is 5.04 Å². The highest BCUT2D eigenvalue weighted by Gasteiger charge is 2.08. The van der Waals surface area contributed by atoms with Crippen molar-refractivity contribution in [1.29, 1.82) is 0 Å². The first kappa shape index (κ1) is 8.18. The van der Waals surface area contributed by atoms with Crippen LogP contribution in [0.4, 0.5) is 0 Å². The largest absolute Gasteiger partial charge is 0.323 e. The maximum Gasteiger partial charge on any atom is 0.0628 e. The van der Waals surface area contributed by atoms with Crippen LogP contribution in [0.25, 0.3) is 0 Å². The van der Waals surface area contributed by atoms with Crippen LogP contribution in [-0.2, 0) is 0 Å². The third-order valence-electron chi connectivity index (χ3n) is 0.795. The van der Waals surface area contributed by atoms with Gasteiger partial charge in [-0.15, -0.1) is 0 Å². The van der Waals surface area contributed by atoms with E-state index in [9.17, 15) is 0 Å². The van der Waals surface area contributed by atoms with Crippen molar-refractivity contribution in [3.8, 4) is 0 Å². The van der Waals surface area contributed by atoms with Crippen molar-refractivity contribution in [2.75, 3.05) is 13.2 Å². The number of hydrogen-bond acceptors (Lipinski definition) is 1. The van der Waals surface area contributed by atoms with Crippen LogP contribution >= 0.6 is 0 Å². The van der Waals surface area contributed by atoms with Gasteiger partial charge in [0.15, 0.2) is 0 Å². The summed E-state index contributed by atoms with van der Waals surface area (Å²) in [7, 11) is 3.03. The molecule has 0 unspecified atom stereocenters. The Kier molecular flexibility index (Phi) is 3.32. The summed E-state index contributed by atoms with van der Waals surface area (Å²) in [5.74, 6) is 0. The second kappa shape index (κ2) is 3.25. The molecule has 0 aliphatic carbocycles. The first-order valence-electron chi connectivity index (χ1n) is 2.96. The monoisotopic (exact) mass is 129 g/mol. The van der Waals surface area contributed by atoms with Crippen molar-refractivity contribution in [2.45, 2.75) is 25.8 Å². The van der Waals surface area contributed by atoms with Gasteiger partial charge < -0.3 is 5.32 Å². The molecule has 1 nitrogen and oxygen atoms in total. The molecule has 1 N–H and O–H groups in total. The normalized spacial score (nSPS) is 12.0. The van der Waals surface area contributed by atoms with E-state index in [1.807, 2.05) is 7.05 Å². The number of hydrogen-bond donors (Lipinski definition) is 1. The SMILES string of the molecule is CNC[Si]C(C)(C)C. The molecule has 0 bridgehead atoms. The van der Waals surface area contributed by atoms with Crippen LogP contribution in [0.15, 0.2) is 0 Å². The lowest BCUT2D eigenvalue weighted by Crippen LogP contribution is -2.22. The van der Waals surface area contributed by atoms with Crippen molar-refractivity contribution in [3.05, 3.63) is 0 Å². The molecule has 0 saturated carbocycles. The lowest BCUT2D eigenvalue weighted by molar-refractivity contribution is 0.741. The van der Waals surface area contributed by atoms with E-state index in [0.717, 1.165) is 15.7 Å². The van der Waals surface area contributed by atoms with E-state index in [2.05, 4.69) is 26.1 Å². The fraction of sp³-hybridized carbons (Fsp3) is 1.00. The molecule has 0 aliphatic heterocycles. The van der Waals surface area contributed by atoms with E-state index in [1.165, 1.54) is 0 Å². The van der Waals surface area contributed by atoms with Gasteiger partial charge in [-0.1, -0.05) is 20.8 Å². The van der Waals surface area contributed by atoms with Gasteiger partial charge in [0, 0.05) is 0 Å². The second-order valence-corrected chi connectivity index (χ2v) is 5.16. The molecule has 0 atom stereocenters. The van der Waals surface area contributed by atoms with Crippen LogP contribution in [0, 0.1) is 0 Å². The fourth-order valence-corrected chi connectivity index (χ4v) is 1.06. The van der Waals surface area contributed by atoms with Gasteiger partial charge in [0.2, 0.25) is 0 Å². The number of nitrogens with one attached hydrogen (secondary N) is 1. The Hall–Kier alpha value is 0.177. The van der Waals surface area contributed by atoms with Gasteiger partial charge in [-0.25, -0.2) is 0 Å². The second-order valence-electron chi connectivity index (χ2n) is 2.96. The van der Waals surface area contributed by atoms with Crippen molar-refractivity contribution in [1.82, 2.24) is 5.32 Å². The Bertz CT molecular complexity index is 56.0. The Morgan fingerprint density at radius 2 is 1.88 bits per heavy atom. The first-order valence-corrected chi connectivity index (χ1v) is 4.16. The molecule has 2 heteroatoms. The van der Waals surface area contributed by atoms with Crippen LogP contribution < -0.4 is 5.32 Å². The lowest BCUT2D eigenvalue weighted by Gasteiger charge is -2.15. The molecule has 0 aromatic heterocycles. The Labute approximate surface area is 54.7 Å². The maximum absolute atomic E-state index is 3.14. The zero-order valence-corrected chi connectivity index (χ0v) is 7.21. The molecule has 0 aliphatic rings. The summed E-state index contributed by atoms with van der Waals surface area (Å²) in [4.78, 5) is 0. The summed E-state index contributed by atoms with van der Waals surface area (Å²) in [5.41, 5.74) is 0. The van der Waals surface area contributed by atoms with Gasteiger partial charge in [-0.05, 0) is 18.3 Å². The highest BCUT2D eigenvalue weighted by Crippen LogP contribution is 2.18. The van der Waals surface area contributed by atoms with Crippen LogP contribution in [0.2, 0.25) is 5.04 Å². The van der Waals surface area contributed by atoms with Gasteiger partial charge in [0.25, 0.3) is 0 Å². The van der Waals surface area contributed by atoms with Gasteiger partial charge >= 0.3 is 0 Å². The molecule has 0 spiro atoms. The molecular weight excluding hydrogens is 114 g/mol. The maximum atomic E-state index is 3.14. The van der Waals surface area contributed by atoms with Gasteiger partial charge in [-0.3, -0.25) is 0 Å². The van der Waals surface area contributed by atoms with E-state index in [-0.39, 0.29) is 0 Å².